The van der Waals surface area contributed by atoms with E-state index in [0.29, 0.717) is 19.5 Å². The number of hydrogen-bond acceptors (Lipinski definition) is 6. The molecule has 3 aromatic rings. The van der Waals surface area contributed by atoms with Gasteiger partial charge in [-0.25, -0.2) is 9.97 Å². The van der Waals surface area contributed by atoms with Crippen LogP contribution in [0.1, 0.15) is 12.0 Å². The van der Waals surface area contributed by atoms with E-state index in [4.69, 9.17) is 4.74 Å². The smallest absolute Gasteiger partial charge is 0.223 e. The Hall–Kier alpha value is -3.16. The zero-order valence-corrected chi connectivity index (χ0v) is 16.2. The van der Waals surface area contributed by atoms with Crippen LogP contribution in [-0.2, 0) is 18.3 Å². The molecule has 3 heterocycles. The molecular weight excluding hydrogens is 356 g/mol. The van der Waals surface area contributed by atoms with E-state index in [2.05, 4.69) is 20.0 Å². The molecule has 28 heavy (non-hydrogen) atoms. The maximum atomic E-state index is 12.6. The zero-order chi connectivity index (χ0) is 19.5. The van der Waals surface area contributed by atoms with Gasteiger partial charge in [-0.3, -0.25) is 9.48 Å². The Labute approximate surface area is 163 Å². The molecule has 0 saturated carbocycles. The second kappa shape index (κ2) is 7.84. The van der Waals surface area contributed by atoms with E-state index in [-0.39, 0.29) is 5.91 Å². The zero-order valence-electron chi connectivity index (χ0n) is 16.2. The number of carbonyl (C=O) groups excluding carboxylic acids is 1. The summed E-state index contributed by atoms with van der Waals surface area (Å²) in [5, 5.41) is 5.22. The van der Waals surface area contributed by atoms with E-state index in [1.165, 1.54) is 0 Å². The van der Waals surface area contributed by atoms with Crippen LogP contribution in [0, 0.1) is 0 Å². The van der Waals surface area contributed by atoms with Gasteiger partial charge in [0.2, 0.25) is 5.91 Å². The van der Waals surface area contributed by atoms with Crippen molar-refractivity contribution in [1.29, 1.82) is 0 Å². The predicted molar refractivity (Wildman–Crippen MR) is 106 cm³/mol. The Kier molecular flexibility index (Phi) is 5.10. The Morgan fingerprint density at radius 3 is 2.57 bits per heavy atom. The van der Waals surface area contributed by atoms with Crippen LogP contribution in [0.4, 0.5) is 5.82 Å². The summed E-state index contributed by atoms with van der Waals surface area (Å²) in [5.74, 6) is 1.92. The maximum Gasteiger partial charge on any atom is 0.223 e. The molecule has 0 spiro atoms. The normalized spacial score (nSPS) is 14.5. The summed E-state index contributed by atoms with van der Waals surface area (Å²) < 4.78 is 6.92. The van der Waals surface area contributed by atoms with Crippen LogP contribution in [0.25, 0.3) is 11.0 Å². The number of piperazine rings is 1. The van der Waals surface area contributed by atoms with Crippen molar-refractivity contribution in [1.82, 2.24) is 24.6 Å². The second-order valence-corrected chi connectivity index (χ2v) is 6.92. The number of aryl methyl sites for hydroxylation is 2. The number of benzene rings is 1. The SMILES string of the molecule is COc1ccc(CCC(=O)N2CCN(c3ncnc4c3cnn4C)CC2)cc1. The third kappa shape index (κ3) is 3.62. The summed E-state index contributed by atoms with van der Waals surface area (Å²) in [6, 6.07) is 7.88. The number of carbonyl (C=O) groups is 1. The fourth-order valence-corrected chi connectivity index (χ4v) is 3.57. The van der Waals surface area contributed by atoms with E-state index < -0.39 is 0 Å². The van der Waals surface area contributed by atoms with E-state index >= 15 is 0 Å². The third-order valence-electron chi connectivity index (χ3n) is 5.23. The van der Waals surface area contributed by atoms with Crippen molar-refractivity contribution in [3.05, 3.63) is 42.4 Å². The number of amides is 1. The third-order valence-corrected chi connectivity index (χ3v) is 5.23. The minimum atomic E-state index is 0.199. The first-order valence-electron chi connectivity index (χ1n) is 9.44. The molecule has 8 heteroatoms. The number of ether oxygens (including phenoxy) is 1. The Balaban J connectivity index is 1.33. The van der Waals surface area contributed by atoms with Gasteiger partial charge in [-0.2, -0.15) is 5.10 Å². The van der Waals surface area contributed by atoms with Gasteiger partial charge in [0, 0.05) is 39.6 Å². The van der Waals surface area contributed by atoms with Gasteiger partial charge in [0.25, 0.3) is 0 Å². The van der Waals surface area contributed by atoms with Crippen LogP contribution >= 0.6 is 0 Å². The summed E-state index contributed by atoms with van der Waals surface area (Å²) in [7, 11) is 3.53. The largest absolute Gasteiger partial charge is 0.497 e. The molecule has 146 valence electrons. The molecule has 1 aromatic carbocycles. The highest BCUT2D eigenvalue weighted by Gasteiger charge is 2.23. The predicted octanol–water partition coefficient (Wildman–Crippen LogP) is 1.65. The van der Waals surface area contributed by atoms with Crippen molar-refractivity contribution in [2.45, 2.75) is 12.8 Å². The minimum Gasteiger partial charge on any atom is -0.497 e. The van der Waals surface area contributed by atoms with E-state index in [9.17, 15) is 4.79 Å². The van der Waals surface area contributed by atoms with E-state index in [0.717, 1.165) is 47.7 Å². The summed E-state index contributed by atoms with van der Waals surface area (Å²) in [6.45, 7) is 2.92. The molecule has 0 N–H and O–H groups in total. The van der Waals surface area contributed by atoms with Crippen molar-refractivity contribution in [3.63, 3.8) is 0 Å². The first kappa shape index (κ1) is 18.2. The second-order valence-electron chi connectivity index (χ2n) is 6.92. The van der Waals surface area contributed by atoms with Gasteiger partial charge < -0.3 is 14.5 Å². The lowest BCUT2D eigenvalue weighted by Crippen LogP contribution is -2.49. The standard InChI is InChI=1S/C20H24N6O2/c1-24-19-17(13-23-24)20(22-14-21-19)26-11-9-25(10-12-26)18(27)8-5-15-3-6-16(28-2)7-4-15/h3-4,6-7,13-14H,5,8-12H2,1-2H3. The van der Waals surface area contributed by atoms with Gasteiger partial charge in [0.1, 0.15) is 17.9 Å². The monoisotopic (exact) mass is 380 g/mol. The molecule has 0 unspecified atom stereocenters. The lowest BCUT2D eigenvalue weighted by molar-refractivity contribution is -0.131. The van der Waals surface area contributed by atoms with Crippen molar-refractivity contribution in [2.24, 2.45) is 7.05 Å². The molecule has 0 radical (unpaired) electrons. The fourth-order valence-electron chi connectivity index (χ4n) is 3.57. The lowest BCUT2D eigenvalue weighted by Gasteiger charge is -2.35. The van der Waals surface area contributed by atoms with Crippen molar-refractivity contribution < 1.29 is 9.53 Å². The van der Waals surface area contributed by atoms with Crippen molar-refractivity contribution in [2.75, 3.05) is 38.2 Å². The van der Waals surface area contributed by atoms with Crippen LogP contribution in [0.2, 0.25) is 0 Å². The van der Waals surface area contributed by atoms with Gasteiger partial charge >= 0.3 is 0 Å². The number of methoxy groups -OCH3 is 1. The molecule has 8 nitrogen and oxygen atoms in total. The van der Waals surface area contributed by atoms with Crippen LogP contribution < -0.4 is 9.64 Å². The summed E-state index contributed by atoms with van der Waals surface area (Å²) in [5.41, 5.74) is 1.97. The highest BCUT2D eigenvalue weighted by molar-refractivity contribution is 5.86. The molecular formula is C20H24N6O2. The molecule has 0 aliphatic carbocycles. The average Bonchev–Trinajstić information content (AvgIpc) is 3.13. The molecule has 0 bridgehead atoms. The molecule has 1 saturated heterocycles. The summed E-state index contributed by atoms with van der Waals surface area (Å²) >= 11 is 0. The Morgan fingerprint density at radius 1 is 1.11 bits per heavy atom. The quantitative estimate of drug-likeness (QED) is 0.670. The topological polar surface area (TPSA) is 76.4 Å². The Morgan fingerprint density at radius 2 is 1.86 bits per heavy atom. The first-order valence-corrected chi connectivity index (χ1v) is 9.44. The highest BCUT2D eigenvalue weighted by Crippen LogP contribution is 2.23. The van der Waals surface area contributed by atoms with E-state index in [1.54, 1.807) is 24.3 Å². The molecule has 1 fully saturated rings. The van der Waals surface area contributed by atoms with E-state index in [1.807, 2.05) is 36.2 Å². The maximum absolute atomic E-state index is 12.6. The van der Waals surface area contributed by atoms with Crippen LogP contribution in [0.5, 0.6) is 5.75 Å². The van der Waals surface area contributed by atoms with Gasteiger partial charge in [-0.15, -0.1) is 0 Å². The van der Waals surface area contributed by atoms with Crippen LogP contribution in [0.15, 0.2) is 36.8 Å². The molecule has 1 aliphatic rings. The number of hydrogen-bond donors (Lipinski definition) is 0. The van der Waals surface area contributed by atoms with Gasteiger partial charge in [0.15, 0.2) is 5.65 Å². The van der Waals surface area contributed by atoms with Crippen LogP contribution in [-0.4, -0.2) is 63.8 Å². The fraction of sp³-hybridized carbons (Fsp3) is 0.400. The number of rotatable bonds is 5. The number of nitrogens with zero attached hydrogens (tertiary/aromatic N) is 6. The van der Waals surface area contributed by atoms with Crippen molar-refractivity contribution >= 4 is 22.8 Å². The molecule has 0 atom stereocenters. The number of aromatic nitrogens is 4. The van der Waals surface area contributed by atoms with Gasteiger partial charge in [-0.05, 0) is 24.1 Å². The molecule has 2 aromatic heterocycles. The molecule has 4 rings (SSSR count). The van der Waals surface area contributed by atoms with Crippen LogP contribution in [0.3, 0.4) is 0 Å². The first-order chi connectivity index (χ1) is 13.7. The summed E-state index contributed by atoms with van der Waals surface area (Å²) in [6.07, 6.45) is 4.64. The van der Waals surface area contributed by atoms with Gasteiger partial charge in [-0.1, -0.05) is 12.1 Å². The van der Waals surface area contributed by atoms with Crippen molar-refractivity contribution in [3.8, 4) is 5.75 Å². The number of fused-ring (bicyclic) bond motifs is 1. The minimum absolute atomic E-state index is 0.199. The molecule has 1 amide bonds. The molecule has 1 aliphatic heterocycles. The summed E-state index contributed by atoms with van der Waals surface area (Å²) in [4.78, 5) is 25.5. The average molecular weight is 380 g/mol. The Bertz CT molecular complexity index is 960. The highest BCUT2D eigenvalue weighted by atomic mass is 16.5. The lowest BCUT2D eigenvalue weighted by atomic mass is 10.1. The van der Waals surface area contributed by atoms with Gasteiger partial charge in [0.05, 0.1) is 18.7 Å². The number of anilines is 1.